The van der Waals surface area contributed by atoms with Gasteiger partial charge in [-0.15, -0.1) is 5.10 Å². The number of thiocarbonyl (C=S) groups is 1. The van der Waals surface area contributed by atoms with Crippen molar-refractivity contribution in [3.8, 4) is 0 Å². The molecule has 0 aromatic heterocycles. The average Bonchev–Trinajstić information content (AvgIpc) is 2.50. The number of aryl methyl sites for hydroxylation is 1. The first-order chi connectivity index (χ1) is 10.6. The standard InChI is InChI=1S/C16H17N5S/c1-11-7-5-6-10-13(11)19-15(22)14(20-21-16(17)18)12-8-3-2-4-9-12/h2-10H,1H3,(H,19,22)(H4,17,18,21)/p+1/b20-14+. The number of hydrogen-bond donors (Lipinski definition) is 4. The van der Waals surface area contributed by atoms with Crippen LogP contribution in [0.25, 0.3) is 0 Å². The van der Waals surface area contributed by atoms with E-state index in [0.29, 0.717) is 10.7 Å². The van der Waals surface area contributed by atoms with Gasteiger partial charge in [0.25, 0.3) is 0 Å². The summed E-state index contributed by atoms with van der Waals surface area (Å²) in [5.74, 6) is 0.00660. The minimum atomic E-state index is 0.00660. The number of guanidine groups is 1. The molecule has 0 atom stereocenters. The number of rotatable bonds is 4. The molecule has 2 rings (SSSR count). The number of nitrogens with two attached hydrogens (primary N) is 2. The Kier molecular flexibility index (Phi) is 5.21. The number of hydrogen-bond acceptors (Lipinski definition) is 2. The molecule has 0 heterocycles. The molecule has 0 spiro atoms. The fourth-order valence-corrected chi connectivity index (χ4v) is 2.13. The van der Waals surface area contributed by atoms with Crippen LogP contribution in [0, 0.1) is 6.92 Å². The van der Waals surface area contributed by atoms with Crippen molar-refractivity contribution < 1.29 is 5.10 Å². The van der Waals surface area contributed by atoms with Gasteiger partial charge in [0.05, 0.1) is 0 Å². The topological polar surface area (TPSA) is 90.4 Å². The molecule has 2 aromatic rings. The van der Waals surface area contributed by atoms with E-state index in [-0.39, 0.29) is 5.96 Å². The number of anilines is 1. The molecule has 5 nitrogen and oxygen atoms in total. The molecule has 0 aliphatic carbocycles. The van der Waals surface area contributed by atoms with Crippen molar-refractivity contribution in [1.82, 2.24) is 0 Å². The predicted molar refractivity (Wildman–Crippen MR) is 94.7 cm³/mol. The van der Waals surface area contributed by atoms with Crippen LogP contribution < -0.4 is 21.9 Å². The monoisotopic (exact) mass is 312 g/mol. The molecule has 0 fully saturated rings. The zero-order valence-electron chi connectivity index (χ0n) is 12.2. The number of para-hydroxylation sites is 1. The van der Waals surface area contributed by atoms with E-state index < -0.39 is 0 Å². The Morgan fingerprint density at radius 2 is 1.68 bits per heavy atom. The van der Waals surface area contributed by atoms with Gasteiger partial charge in [-0.1, -0.05) is 60.7 Å². The third kappa shape index (κ3) is 4.13. The highest BCUT2D eigenvalue weighted by atomic mass is 32.1. The third-order valence-corrected chi connectivity index (χ3v) is 3.25. The molecular weight excluding hydrogens is 294 g/mol. The van der Waals surface area contributed by atoms with Crippen molar-refractivity contribution in [2.24, 2.45) is 16.6 Å². The van der Waals surface area contributed by atoms with E-state index in [2.05, 4.69) is 15.5 Å². The van der Waals surface area contributed by atoms with Crippen molar-refractivity contribution in [2.45, 2.75) is 6.92 Å². The molecule has 22 heavy (non-hydrogen) atoms. The van der Waals surface area contributed by atoms with Crippen LogP contribution in [0.5, 0.6) is 0 Å². The van der Waals surface area contributed by atoms with Crippen LogP contribution in [-0.4, -0.2) is 16.7 Å². The maximum atomic E-state index is 5.48. The van der Waals surface area contributed by atoms with Gasteiger partial charge in [0.2, 0.25) is 0 Å². The summed E-state index contributed by atoms with van der Waals surface area (Å²) in [6.07, 6.45) is 0. The number of nitrogens with zero attached hydrogens (tertiary/aromatic N) is 1. The first-order valence-corrected chi connectivity index (χ1v) is 7.12. The molecule has 0 saturated carbocycles. The molecule has 0 amide bonds. The minimum absolute atomic E-state index is 0.00660. The molecule has 0 bridgehead atoms. The second-order valence-electron chi connectivity index (χ2n) is 4.66. The van der Waals surface area contributed by atoms with Crippen LogP contribution in [0.4, 0.5) is 5.69 Å². The quantitative estimate of drug-likeness (QED) is 0.286. The van der Waals surface area contributed by atoms with Crippen LogP contribution in [0.15, 0.2) is 59.7 Å². The van der Waals surface area contributed by atoms with Gasteiger partial charge >= 0.3 is 5.96 Å². The zero-order chi connectivity index (χ0) is 15.9. The molecular formula is C16H18N5S+. The molecule has 112 valence electrons. The van der Waals surface area contributed by atoms with E-state index in [0.717, 1.165) is 16.8 Å². The van der Waals surface area contributed by atoms with E-state index in [9.17, 15) is 0 Å². The minimum Gasteiger partial charge on any atom is -0.344 e. The predicted octanol–water partition coefficient (Wildman–Crippen LogP) is 0.493. The van der Waals surface area contributed by atoms with Crippen LogP contribution in [0.2, 0.25) is 0 Å². The molecule has 6 heteroatoms. The summed E-state index contributed by atoms with van der Waals surface area (Å²) >= 11 is 5.48. The Morgan fingerprint density at radius 1 is 1.05 bits per heavy atom. The highest BCUT2D eigenvalue weighted by Gasteiger charge is 2.12. The van der Waals surface area contributed by atoms with Gasteiger partial charge in [-0.05, 0) is 18.6 Å². The van der Waals surface area contributed by atoms with Gasteiger partial charge in [-0.2, -0.15) is 5.10 Å². The number of benzene rings is 2. The summed E-state index contributed by atoms with van der Waals surface area (Å²) in [7, 11) is 0. The lowest BCUT2D eigenvalue weighted by atomic mass is 10.1. The van der Waals surface area contributed by atoms with Crippen molar-refractivity contribution in [1.29, 1.82) is 0 Å². The van der Waals surface area contributed by atoms with Crippen molar-refractivity contribution in [3.05, 3.63) is 65.7 Å². The van der Waals surface area contributed by atoms with E-state index in [1.165, 1.54) is 0 Å². The Balaban J connectivity index is 2.34. The summed E-state index contributed by atoms with van der Waals surface area (Å²) < 4.78 is 0. The molecule has 2 aromatic carbocycles. The molecule has 0 radical (unpaired) electrons. The average molecular weight is 312 g/mol. The van der Waals surface area contributed by atoms with Crippen LogP contribution in [0.3, 0.4) is 0 Å². The van der Waals surface area contributed by atoms with Gasteiger partial charge in [-0.3, -0.25) is 11.5 Å². The second kappa shape index (κ2) is 7.33. The molecule has 0 saturated heterocycles. The maximum absolute atomic E-state index is 5.48. The Labute approximate surface area is 134 Å². The fourth-order valence-electron chi connectivity index (χ4n) is 1.86. The summed E-state index contributed by atoms with van der Waals surface area (Å²) in [5.41, 5.74) is 14.3. The SMILES string of the molecule is Cc1ccccc1NC(=S)/C(=N/[NH+]=C(N)N)c1ccccc1. The molecule has 0 aliphatic rings. The van der Waals surface area contributed by atoms with Gasteiger partial charge in [-0.25, -0.2) is 0 Å². The lowest BCUT2D eigenvalue weighted by molar-refractivity contribution is -0.463. The van der Waals surface area contributed by atoms with Gasteiger partial charge < -0.3 is 5.32 Å². The lowest BCUT2D eigenvalue weighted by Crippen LogP contribution is -2.73. The Morgan fingerprint density at radius 3 is 2.32 bits per heavy atom. The molecule has 0 aliphatic heterocycles. The highest BCUT2D eigenvalue weighted by molar-refractivity contribution is 7.82. The number of nitrogens with one attached hydrogen (secondary N) is 2. The van der Waals surface area contributed by atoms with E-state index in [1.54, 1.807) is 0 Å². The summed E-state index contributed by atoms with van der Waals surface area (Å²) in [4.78, 5) is 0.481. The summed E-state index contributed by atoms with van der Waals surface area (Å²) in [5, 5.41) is 9.96. The first-order valence-electron chi connectivity index (χ1n) is 6.72. The lowest BCUT2D eigenvalue weighted by Gasteiger charge is -2.11. The molecule has 0 unspecified atom stereocenters. The van der Waals surface area contributed by atoms with Gasteiger partial charge in [0, 0.05) is 11.3 Å². The Hall–Kier alpha value is -2.73. The largest absolute Gasteiger partial charge is 0.362 e. The number of hydrazone groups is 1. The van der Waals surface area contributed by atoms with Crippen LogP contribution in [-0.2, 0) is 0 Å². The third-order valence-electron chi connectivity index (χ3n) is 2.95. The normalized spacial score (nSPS) is 10.9. The van der Waals surface area contributed by atoms with Crippen molar-refractivity contribution in [2.75, 3.05) is 5.32 Å². The van der Waals surface area contributed by atoms with E-state index in [4.69, 9.17) is 23.7 Å². The van der Waals surface area contributed by atoms with Crippen LogP contribution >= 0.6 is 12.2 Å². The fraction of sp³-hybridized carbons (Fsp3) is 0.0625. The Bertz CT molecular complexity index is 718. The van der Waals surface area contributed by atoms with Gasteiger partial charge in [0.1, 0.15) is 10.7 Å². The molecule has 6 N–H and O–H groups in total. The van der Waals surface area contributed by atoms with E-state index in [1.807, 2.05) is 61.5 Å². The smallest absolute Gasteiger partial charge is 0.344 e. The van der Waals surface area contributed by atoms with Crippen molar-refractivity contribution in [3.63, 3.8) is 0 Å². The first kappa shape index (κ1) is 15.7. The summed E-state index contributed by atoms with van der Waals surface area (Å²) in [6.45, 7) is 2.01. The summed E-state index contributed by atoms with van der Waals surface area (Å²) in [6, 6.07) is 17.5. The maximum Gasteiger partial charge on any atom is 0.362 e. The van der Waals surface area contributed by atoms with Gasteiger partial charge in [0.15, 0.2) is 0 Å². The second-order valence-corrected chi connectivity index (χ2v) is 5.07. The van der Waals surface area contributed by atoms with Crippen molar-refractivity contribution >= 4 is 34.6 Å². The van der Waals surface area contributed by atoms with E-state index >= 15 is 0 Å². The highest BCUT2D eigenvalue weighted by Crippen LogP contribution is 2.14. The zero-order valence-corrected chi connectivity index (χ0v) is 13.0. The van der Waals surface area contributed by atoms with Crippen LogP contribution in [0.1, 0.15) is 11.1 Å².